The largest absolute Gasteiger partial charge is 0.497 e. The predicted octanol–water partition coefficient (Wildman–Crippen LogP) is 1.63. The van der Waals surface area contributed by atoms with Crippen LogP contribution in [0.1, 0.15) is 12.5 Å². The van der Waals surface area contributed by atoms with Gasteiger partial charge < -0.3 is 19.7 Å². The molecule has 138 valence electrons. The van der Waals surface area contributed by atoms with Crippen LogP contribution in [0, 0.1) is 0 Å². The minimum atomic E-state index is -0.234. The number of hydrogen-bond acceptors (Lipinski definition) is 5. The summed E-state index contributed by atoms with van der Waals surface area (Å²) in [6.07, 6.45) is 3.34. The number of aromatic nitrogens is 1. The van der Waals surface area contributed by atoms with Crippen molar-refractivity contribution in [3.8, 4) is 11.5 Å². The average Bonchev–Trinajstić information content (AvgIpc) is 2.66. The zero-order valence-electron chi connectivity index (χ0n) is 15.0. The second-order valence-electron chi connectivity index (χ2n) is 5.61. The Morgan fingerprint density at radius 3 is 2.50 bits per heavy atom. The van der Waals surface area contributed by atoms with Crippen molar-refractivity contribution in [3.05, 3.63) is 54.4 Å². The lowest BCUT2D eigenvalue weighted by atomic mass is 10.2. The molecule has 1 N–H and O–H groups in total. The highest BCUT2D eigenvalue weighted by Gasteiger charge is 2.14. The van der Waals surface area contributed by atoms with Gasteiger partial charge >= 0.3 is 0 Å². The van der Waals surface area contributed by atoms with Crippen LogP contribution in [-0.4, -0.2) is 48.5 Å². The molecule has 0 aliphatic carbocycles. The molecule has 0 radical (unpaired) electrons. The van der Waals surface area contributed by atoms with Gasteiger partial charge in [0.05, 0.1) is 20.2 Å². The van der Waals surface area contributed by atoms with Crippen LogP contribution < -0.4 is 14.8 Å². The summed E-state index contributed by atoms with van der Waals surface area (Å²) in [5, 5.41) is 2.75. The molecule has 0 aliphatic rings. The molecule has 2 amide bonds. The fourth-order valence-corrected chi connectivity index (χ4v) is 2.25. The van der Waals surface area contributed by atoms with Gasteiger partial charge in [-0.25, -0.2) is 0 Å². The van der Waals surface area contributed by atoms with Crippen molar-refractivity contribution in [1.29, 1.82) is 0 Å². The highest BCUT2D eigenvalue weighted by atomic mass is 16.5. The maximum absolute atomic E-state index is 12.1. The Bertz CT molecular complexity index is 704. The van der Waals surface area contributed by atoms with Crippen LogP contribution in [0.15, 0.2) is 48.8 Å². The third-order valence-electron chi connectivity index (χ3n) is 3.63. The molecule has 2 aromatic rings. The smallest absolute Gasteiger partial charge is 0.239 e. The highest BCUT2D eigenvalue weighted by molar-refractivity contribution is 5.83. The lowest BCUT2D eigenvalue weighted by Crippen LogP contribution is -2.40. The van der Waals surface area contributed by atoms with Crippen molar-refractivity contribution in [1.82, 2.24) is 15.2 Å². The van der Waals surface area contributed by atoms with Crippen molar-refractivity contribution < 1.29 is 19.1 Å². The Balaban J connectivity index is 1.72. The summed E-state index contributed by atoms with van der Waals surface area (Å²) in [5.74, 6) is 1.05. The Morgan fingerprint density at radius 2 is 1.88 bits per heavy atom. The summed E-state index contributed by atoms with van der Waals surface area (Å²) in [6, 6.07) is 10.9. The summed E-state index contributed by atoms with van der Waals surface area (Å²) < 4.78 is 10.6. The third kappa shape index (κ3) is 6.43. The number of nitrogens with zero attached hydrogens (tertiary/aromatic N) is 2. The van der Waals surface area contributed by atoms with Crippen molar-refractivity contribution in [2.24, 2.45) is 0 Å². The van der Waals surface area contributed by atoms with Crippen LogP contribution in [0.2, 0.25) is 0 Å². The number of carbonyl (C=O) groups excluding carboxylic acids is 2. The molecule has 1 heterocycles. The van der Waals surface area contributed by atoms with Gasteiger partial charge in [0.2, 0.25) is 11.8 Å². The van der Waals surface area contributed by atoms with E-state index in [1.54, 1.807) is 49.8 Å². The average molecular weight is 357 g/mol. The van der Waals surface area contributed by atoms with Gasteiger partial charge in [-0.3, -0.25) is 14.6 Å². The van der Waals surface area contributed by atoms with E-state index < -0.39 is 0 Å². The van der Waals surface area contributed by atoms with Crippen LogP contribution in [-0.2, 0) is 16.1 Å². The number of nitrogens with one attached hydrogen (secondary N) is 1. The lowest BCUT2D eigenvalue weighted by molar-refractivity contribution is -0.134. The zero-order chi connectivity index (χ0) is 18.8. The first kappa shape index (κ1) is 19.2. The fourth-order valence-electron chi connectivity index (χ4n) is 2.25. The topological polar surface area (TPSA) is 80.8 Å². The Labute approximate surface area is 152 Å². The zero-order valence-corrected chi connectivity index (χ0v) is 15.0. The molecule has 1 aromatic heterocycles. The SMILES string of the molecule is COc1ccc(OCCNC(=O)CN(Cc2cccnc2)C(C)=O)cc1. The Morgan fingerprint density at radius 1 is 1.15 bits per heavy atom. The van der Waals surface area contributed by atoms with Crippen LogP contribution in [0.3, 0.4) is 0 Å². The molecule has 0 saturated carbocycles. The molecule has 0 saturated heterocycles. The van der Waals surface area contributed by atoms with Gasteiger partial charge in [0.25, 0.3) is 0 Å². The number of rotatable bonds is 9. The second-order valence-corrected chi connectivity index (χ2v) is 5.61. The van der Waals surface area contributed by atoms with Gasteiger partial charge in [-0.05, 0) is 35.9 Å². The molecule has 2 rings (SSSR count). The van der Waals surface area contributed by atoms with Gasteiger partial charge in [0, 0.05) is 25.9 Å². The Hall–Kier alpha value is -3.09. The van der Waals surface area contributed by atoms with E-state index in [4.69, 9.17) is 9.47 Å². The number of amides is 2. The van der Waals surface area contributed by atoms with Gasteiger partial charge in [-0.15, -0.1) is 0 Å². The van der Waals surface area contributed by atoms with E-state index in [1.807, 2.05) is 6.07 Å². The molecule has 7 heteroatoms. The molecule has 0 fully saturated rings. The lowest BCUT2D eigenvalue weighted by Gasteiger charge is -2.20. The normalized spacial score (nSPS) is 10.1. The molecule has 0 unspecified atom stereocenters. The van der Waals surface area contributed by atoms with E-state index in [-0.39, 0.29) is 18.4 Å². The van der Waals surface area contributed by atoms with Crippen molar-refractivity contribution in [3.63, 3.8) is 0 Å². The quantitative estimate of drug-likeness (QED) is 0.690. The standard InChI is InChI=1S/C19H23N3O4/c1-15(23)22(13-16-4-3-9-20-12-16)14-19(24)21-10-11-26-18-7-5-17(25-2)6-8-18/h3-9,12H,10-11,13-14H2,1-2H3,(H,21,24). The van der Waals surface area contributed by atoms with Crippen LogP contribution in [0.4, 0.5) is 0 Å². The number of ether oxygens (including phenoxy) is 2. The fraction of sp³-hybridized carbons (Fsp3) is 0.316. The van der Waals surface area contributed by atoms with Crippen LogP contribution in [0.25, 0.3) is 0 Å². The second kappa shape index (κ2) is 10.0. The highest BCUT2D eigenvalue weighted by Crippen LogP contribution is 2.16. The van der Waals surface area contributed by atoms with E-state index in [2.05, 4.69) is 10.3 Å². The number of methoxy groups -OCH3 is 1. The first-order chi connectivity index (χ1) is 12.6. The van der Waals surface area contributed by atoms with Crippen molar-refractivity contribution >= 4 is 11.8 Å². The monoisotopic (exact) mass is 357 g/mol. The molecule has 7 nitrogen and oxygen atoms in total. The third-order valence-corrected chi connectivity index (χ3v) is 3.63. The maximum Gasteiger partial charge on any atom is 0.239 e. The summed E-state index contributed by atoms with van der Waals surface area (Å²) >= 11 is 0. The minimum absolute atomic E-state index is 0.00718. The molecule has 1 aromatic carbocycles. The molecule has 0 bridgehead atoms. The van der Waals surface area contributed by atoms with Gasteiger partial charge in [-0.2, -0.15) is 0 Å². The predicted molar refractivity (Wildman–Crippen MR) is 96.8 cm³/mol. The van der Waals surface area contributed by atoms with E-state index in [0.29, 0.717) is 25.4 Å². The maximum atomic E-state index is 12.1. The molecule has 0 atom stereocenters. The minimum Gasteiger partial charge on any atom is -0.497 e. The van der Waals surface area contributed by atoms with Crippen molar-refractivity contribution in [2.75, 3.05) is 26.8 Å². The van der Waals surface area contributed by atoms with E-state index in [0.717, 1.165) is 11.3 Å². The number of carbonyl (C=O) groups is 2. The Kier molecular flexibility index (Phi) is 7.42. The number of pyridine rings is 1. The summed E-state index contributed by atoms with van der Waals surface area (Å²) in [7, 11) is 1.60. The van der Waals surface area contributed by atoms with Crippen molar-refractivity contribution in [2.45, 2.75) is 13.5 Å². The van der Waals surface area contributed by atoms with Gasteiger partial charge in [-0.1, -0.05) is 6.07 Å². The number of benzene rings is 1. The molecule has 0 spiro atoms. The van der Waals surface area contributed by atoms with Crippen LogP contribution >= 0.6 is 0 Å². The van der Waals surface area contributed by atoms with E-state index >= 15 is 0 Å². The summed E-state index contributed by atoms with van der Waals surface area (Å²) in [5.41, 5.74) is 0.873. The van der Waals surface area contributed by atoms with Gasteiger partial charge in [0.1, 0.15) is 18.1 Å². The van der Waals surface area contributed by atoms with E-state index in [9.17, 15) is 9.59 Å². The molecular weight excluding hydrogens is 334 g/mol. The molecule has 0 aliphatic heterocycles. The van der Waals surface area contributed by atoms with E-state index in [1.165, 1.54) is 11.8 Å². The summed E-state index contributed by atoms with van der Waals surface area (Å²) in [6.45, 7) is 2.46. The number of hydrogen-bond donors (Lipinski definition) is 1. The summed E-state index contributed by atoms with van der Waals surface area (Å²) in [4.78, 5) is 29.3. The van der Waals surface area contributed by atoms with Crippen LogP contribution in [0.5, 0.6) is 11.5 Å². The molecular formula is C19H23N3O4. The molecule has 26 heavy (non-hydrogen) atoms. The first-order valence-electron chi connectivity index (χ1n) is 8.26. The first-order valence-corrected chi connectivity index (χ1v) is 8.26. The van der Waals surface area contributed by atoms with Gasteiger partial charge in [0.15, 0.2) is 0 Å².